The van der Waals surface area contributed by atoms with Gasteiger partial charge in [-0.15, -0.1) is 0 Å². The van der Waals surface area contributed by atoms with E-state index in [-0.39, 0.29) is 50.9 Å². The van der Waals surface area contributed by atoms with Crippen molar-refractivity contribution in [1.82, 2.24) is 0 Å². The van der Waals surface area contributed by atoms with Crippen LogP contribution in [-0.4, -0.2) is 0 Å². The molecule has 0 bridgehead atoms. The van der Waals surface area contributed by atoms with E-state index in [1.165, 1.54) is 0 Å². The van der Waals surface area contributed by atoms with Crippen molar-refractivity contribution in [1.29, 1.82) is 0 Å². The van der Waals surface area contributed by atoms with Gasteiger partial charge >= 0.3 is 34.4 Å². The van der Waals surface area contributed by atoms with Crippen LogP contribution in [0.1, 0.15) is 0 Å². The number of hydrogen-bond donors (Lipinski definition) is 0. The predicted octanol–water partition coefficient (Wildman–Crippen LogP) is -0.361. The summed E-state index contributed by atoms with van der Waals surface area (Å²) in [4.78, 5) is 0. The third kappa shape index (κ3) is 48.8. The smallest absolute Gasteiger partial charge is 2.00 e. The minimum absolute atomic E-state index is 0. The molecule has 0 aliphatic heterocycles. The van der Waals surface area contributed by atoms with E-state index in [0.717, 1.165) is 0 Å². The second-order valence-corrected chi connectivity index (χ2v) is 0. The van der Waals surface area contributed by atoms with Gasteiger partial charge in [-0.3, -0.25) is 0 Å². The number of hydrogen-bond acceptors (Lipinski definition) is 0. The maximum absolute atomic E-state index is 0. The topological polar surface area (TPSA) is 85.5 Å². The van der Waals surface area contributed by atoms with Gasteiger partial charge in [0.2, 0.25) is 0 Å². The molecule has 0 saturated heterocycles. The molecule has 0 N–H and O–H groups in total. The van der Waals surface area contributed by atoms with Gasteiger partial charge in [0, 0.05) is 0 Å². The van der Waals surface area contributed by atoms with Crippen molar-refractivity contribution < 1.29 is 50.9 Å². The zero-order valence-corrected chi connectivity index (χ0v) is 4.37. The Morgan fingerprint density at radius 3 is 0.600 bits per heavy atom. The Hall–Kier alpha value is 0.932. The normalized spacial score (nSPS) is 0. The van der Waals surface area contributed by atoms with Crippen molar-refractivity contribution in [3.05, 3.63) is 0 Å². The summed E-state index contributed by atoms with van der Waals surface area (Å²) >= 11 is 0. The molecule has 0 saturated carbocycles. The summed E-state index contributed by atoms with van der Waals surface area (Å²) in [5, 5.41) is 0. The van der Waals surface area contributed by atoms with Gasteiger partial charge < -0.3 is 16.4 Å². The Labute approximate surface area is 51.3 Å². The van der Waals surface area contributed by atoms with Crippen LogP contribution < -0.4 is 0 Å². The predicted molar refractivity (Wildman–Crippen MR) is 2.06 cm³/mol. The molecule has 0 aliphatic carbocycles. The third-order valence-corrected chi connectivity index (χ3v) is 0. The minimum Gasteiger partial charge on any atom is -2.00 e. The van der Waals surface area contributed by atoms with Crippen LogP contribution >= 0.6 is 0 Å². The zero-order valence-electron chi connectivity index (χ0n) is 1.99. The second-order valence-electron chi connectivity index (χ2n) is 0. The fourth-order valence-electron chi connectivity index (χ4n) is 0. The van der Waals surface area contributed by atoms with Gasteiger partial charge in [0.05, 0.1) is 0 Å². The molecule has 0 aromatic rings. The molecule has 0 fully saturated rings. The summed E-state index contributed by atoms with van der Waals surface area (Å²) in [6.07, 6.45) is 0. The van der Waals surface area contributed by atoms with E-state index in [1.54, 1.807) is 0 Å². The monoisotopic (exact) mass is 156 g/mol. The van der Waals surface area contributed by atoms with E-state index in [2.05, 4.69) is 0 Å². The van der Waals surface area contributed by atoms with Gasteiger partial charge in [-0.1, -0.05) is 0 Å². The molecule has 2 radical (unpaired) electrons. The van der Waals surface area contributed by atoms with Crippen LogP contribution in [0.4, 0.5) is 0 Å². The van der Waals surface area contributed by atoms with Gasteiger partial charge in [0.1, 0.15) is 0 Å². The average Bonchev–Trinajstić information content (AvgIpc) is 0. The van der Waals surface area contributed by atoms with Crippen LogP contribution in [0.5, 0.6) is 0 Å². The molecule has 0 rings (SSSR count). The molecule has 0 amide bonds. The molecule has 5 heavy (non-hydrogen) atoms. The molecular weight excluding hydrogens is 156 g/mol. The Morgan fingerprint density at radius 2 is 0.600 bits per heavy atom. The van der Waals surface area contributed by atoms with Gasteiger partial charge in [-0.05, 0) is 0 Å². The summed E-state index contributed by atoms with van der Waals surface area (Å²) in [6, 6.07) is 0. The molecule has 0 spiro atoms. The molecule has 0 aromatic heterocycles. The molecule has 5 heteroatoms. The van der Waals surface area contributed by atoms with E-state index >= 15 is 0 Å². The van der Waals surface area contributed by atoms with Gasteiger partial charge in [0.15, 0.2) is 0 Å². The molecule has 0 aromatic carbocycles. The zero-order chi connectivity index (χ0) is 0. The summed E-state index contributed by atoms with van der Waals surface area (Å²) in [6.45, 7) is 0. The van der Waals surface area contributed by atoms with Crippen LogP contribution in [0.25, 0.3) is 0 Å². The maximum atomic E-state index is 0. The number of rotatable bonds is 0. The standard InChI is InChI=1S/Cr.Fe.3O/q2*+3;3*-2. The summed E-state index contributed by atoms with van der Waals surface area (Å²) in [5.74, 6) is 0. The van der Waals surface area contributed by atoms with Crippen molar-refractivity contribution in [2.75, 3.05) is 0 Å². The Kier molecular flexibility index (Phi) is 2920. The van der Waals surface area contributed by atoms with Gasteiger partial charge in [-0.25, -0.2) is 0 Å². The molecule has 0 unspecified atom stereocenters. The molecule has 0 atom stereocenters. The van der Waals surface area contributed by atoms with E-state index in [9.17, 15) is 0 Å². The first-order chi connectivity index (χ1) is 0. The fourth-order valence-corrected chi connectivity index (χ4v) is 0. The minimum atomic E-state index is 0. The van der Waals surface area contributed by atoms with Gasteiger partial charge in [-0.2, -0.15) is 0 Å². The summed E-state index contributed by atoms with van der Waals surface area (Å²) in [5.41, 5.74) is 0. The van der Waals surface area contributed by atoms with Crippen molar-refractivity contribution in [3.63, 3.8) is 0 Å². The van der Waals surface area contributed by atoms with Crippen molar-refractivity contribution in [2.24, 2.45) is 0 Å². The van der Waals surface area contributed by atoms with Crippen LogP contribution in [0, 0.1) is 0 Å². The van der Waals surface area contributed by atoms with Crippen molar-refractivity contribution in [2.45, 2.75) is 0 Å². The molecular formula is CrFeO3. The van der Waals surface area contributed by atoms with Crippen LogP contribution in [0.2, 0.25) is 0 Å². The first-order valence-corrected chi connectivity index (χ1v) is 0. The van der Waals surface area contributed by atoms with E-state index in [4.69, 9.17) is 0 Å². The van der Waals surface area contributed by atoms with Crippen LogP contribution in [0.15, 0.2) is 0 Å². The molecule has 3 nitrogen and oxygen atoms in total. The largest absolute Gasteiger partial charge is 3.00 e. The second kappa shape index (κ2) is 87.8. The van der Waals surface area contributed by atoms with Crippen molar-refractivity contribution >= 4 is 0 Å². The van der Waals surface area contributed by atoms with Gasteiger partial charge in [0.25, 0.3) is 0 Å². The molecule has 0 aliphatic rings. The average molecular weight is 156 g/mol. The third-order valence-electron chi connectivity index (χ3n) is 0. The summed E-state index contributed by atoms with van der Waals surface area (Å²) < 4.78 is 0. The molecule has 0 heterocycles. The Balaban J connectivity index is 0. The Morgan fingerprint density at radius 1 is 0.600 bits per heavy atom. The maximum Gasteiger partial charge on any atom is 3.00 e. The first kappa shape index (κ1) is 166. The Bertz CT molecular complexity index is 6.85. The first-order valence-electron chi connectivity index (χ1n) is 0. The molecule has 32 valence electrons. The van der Waals surface area contributed by atoms with Crippen molar-refractivity contribution in [3.8, 4) is 0 Å². The fraction of sp³-hybridized carbons (Fsp3) is 0. The SMILES string of the molecule is [Cr+3].[Fe+3].[O-2].[O-2].[O-2]. The summed E-state index contributed by atoms with van der Waals surface area (Å²) in [7, 11) is 0. The van der Waals surface area contributed by atoms with E-state index < -0.39 is 0 Å². The quantitative estimate of drug-likeness (QED) is 0.428. The van der Waals surface area contributed by atoms with E-state index in [0.29, 0.717) is 0 Å². The van der Waals surface area contributed by atoms with Crippen LogP contribution in [0.3, 0.4) is 0 Å². The van der Waals surface area contributed by atoms with Crippen LogP contribution in [-0.2, 0) is 50.9 Å². The van der Waals surface area contributed by atoms with E-state index in [1.807, 2.05) is 0 Å².